The van der Waals surface area contributed by atoms with E-state index in [1.807, 2.05) is 0 Å². The minimum Gasteiger partial charge on any atom is -0.481 e. The molecule has 0 aromatic carbocycles. The van der Waals surface area contributed by atoms with Crippen molar-refractivity contribution < 1.29 is 98.1 Å². The number of aliphatic carboxylic acids is 7. The van der Waals surface area contributed by atoms with E-state index in [2.05, 4.69) is 21.3 Å². The Morgan fingerprint density at radius 2 is 0.500 bits per heavy atom. The van der Waals surface area contributed by atoms with Crippen LogP contribution >= 0.6 is 0 Å². The third kappa shape index (κ3) is 26.3. The van der Waals surface area contributed by atoms with Gasteiger partial charge in [0.15, 0.2) is 0 Å². The zero-order chi connectivity index (χ0) is 50.6. The molecule has 0 bridgehead atoms. The van der Waals surface area contributed by atoms with Crippen LogP contribution in [0.25, 0.3) is 0 Å². The van der Waals surface area contributed by atoms with Gasteiger partial charge in [-0.3, -0.25) is 52.7 Å². The lowest BCUT2D eigenvalue weighted by Crippen LogP contribution is -2.54. The predicted octanol–water partition coefficient (Wildman–Crippen LogP) is 1.78. The van der Waals surface area contributed by atoms with E-state index in [0.717, 1.165) is 6.92 Å². The number of carbonyl (C=O) groups is 13. The summed E-state index contributed by atoms with van der Waals surface area (Å²) in [5.41, 5.74) is -6.36. The summed E-state index contributed by atoms with van der Waals surface area (Å²) in [5, 5.41) is 76.6. The highest BCUT2D eigenvalue weighted by Gasteiger charge is 2.39. The van der Waals surface area contributed by atoms with Gasteiger partial charge < -0.3 is 66.6 Å². The lowest BCUT2D eigenvalue weighted by atomic mass is 9.80. The van der Waals surface area contributed by atoms with Crippen molar-refractivity contribution in [3.05, 3.63) is 0 Å². The van der Waals surface area contributed by atoms with E-state index in [1.54, 1.807) is 0 Å². The van der Waals surface area contributed by atoms with Crippen molar-refractivity contribution in [1.82, 2.24) is 21.3 Å². The number of hydrogen-bond acceptors (Lipinski definition) is 13. The molecule has 0 saturated heterocycles. The van der Waals surface area contributed by atoms with Crippen LogP contribution in [-0.2, 0) is 62.3 Å². The zero-order valence-electron chi connectivity index (χ0n) is 37.1. The molecule has 66 heavy (non-hydrogen) atoms. The zero-order valence-corrected chi connectivity index (χ0v) is 37.1. The van der Waals surface area contributed by atoms with Gasteiger partial charge in [-0.1, -0.05) is 0 Å². The maximum Gasteiger partial charge on any atom is 0.303 e. The molecule has 0 saturated carbocycles. The van der Waals surface area contributed by atoms with Gasteiger partial charge in [-0.25, -0.2) is 0 Å². The Bertz CT molecular complexity index is 1560. The maximum absolute atomic E-state index is 13.8. The summed E-state index contributed by atoms with van der Waals surface area (Å²) < 4.78 is 0. The van der Waals surface area contributed by atoms with Crippen LogP contribution in [-0.4, -0.2) is 136 Å². The second-order valence-corrected chi connectivity index (χ2v) is 16.6. The first-order valence-corrected chi connectivity index (χ1v) is 21.4. The first-order chi connectivity index (χ1) is 30.8. The fourth-order valence-electron chi connectivity index (χ4n) is 7.85. The quantitative estimate of drug-likeness (QED) is 0.0390. The molecule has 0 fully saturated rings. The Kier molecular flexibility index (Phi) is 26.9. The van der Waals surface area contributed by atoms with Gasteiger partial charge in [0.25, 0.3) is 0 Å². The minimum atomic E-state index is -1.69. The average molecular weight is 945 g/mol. The fraction of sp³-hybridized carbons (Fsp3) is 0.690. The van der Waals surface area contributed by atoms with Crippen LogP contribution in [0.5, 0.6) is 0 Å². The van der Waals surface area contributed by atoms with Crippen LogP contribution in [0, 0.1) is 0 Å². The number of rotatable bonds is 40. The summed E-state index contributed by atoms with van der Waals surface area (Å²) in [5.74, 6) is -12.5. The van der Waals surface area contributed by atoms with Crippen LogP contribution in [0.1, 0.15) is 161 Å². The number of carboxylic acids is 7. The number of carboxylic acid groups (broad SMARTS) is 7. The standard InChI is InChI=1S/C42H64N4O20/c1-28(49)43-40(16-4-29(50)44-39(14-2-26-47,15-3-27-48)19-7-32(53)54,17-5-30(51)45-41(20-8-33(55)56,21-9-34(57)58)22-10-35(59)60)18-6-31(52)46-42(23-11-36(61)62,24-12-37(63)64)25-13-38(65)66/h26-27H,2-25H2,1H3,(H,43,49)(H,44,50)(H,45,51)(H,46,52)(H,53,54)(H,55,56)(H,57,58)(H,59,60)(H,61,62)(H,63,64)(H,65,66). The molecule has 0 aliphatic carbocycles. The molecular formula is C42H64N4O20. The molecule has 0 aliphatic heterocycles. The van der Waals surface area contributed by atoms with Gasteiger partial charge in [-0.15, -0.1) is 0 Å². The van der Waals surface area contributed by atoms with Gasteiger partial charge >= 0.3 is 41.8 Å². The van der Waals surface area contributed by atoms with E-state index in [4.69, 9.17) is 0 Å². The van der Waals surface area contributed by atoms with Crippen molar-refractivity contribution in [2.75, 3.05) is 0 Å². The van der Waals surface area contributed by atoms with Crippen LogP contribution < -0.4 is 21.3 Å². The van der Waals surface area contributed by atoms with E-state index < -0.39 is 165 Å². The van der Waals surface area contributed by atoms with Gasteiger partial charge in [0.2, 0.25) is 23.6 Å². The maximum atomic E-state index is 13.8. The SMILES string of the molecule is CC(=O)NC(CCC(=O)NC(CCC=O)(CCC=O)CCC(=O)O)(CCC(=O)NC(CCC(=O)O)(CCC(=O)O)CCC(=O)O)CCC(=O)NC(CCC(=O)O)(CCC(=O)O)CCC(=O)O. The largest absolute Gasteiger partial charge is 0.481 e. The number of nitrogens with one attached hydrogen (secondary N) is 4. The van der Waals surface area contributed by atoms with E-state index in [9.17, 15) is 98.1 Å². The van der Waals surface area contributed by atoms with Crippen molar-refractivity contribution in [3.63, 3.8) is 0 Å². The molecule has 0 aromatic rings. The number of hydrogen-bond donors (Lipinski definition) is 11. The summed E-state index contributed by atoms with van der Waals surface area (Å²) in [6.45, 7) is 1.08. The van der Waals surface area contributed by atoms with Gasteiger partial charge in [0, 0.05) is 106 Å². The molecule has 0 unspecified atom stereocenters. The summed E-state index contributed by atoms with van der Waals surface area (Å²) in [7, 11) is 0. The topological polar surface area (TPSA) is 412 Å². The smallest absolute Gasteiger partial charge is 0.303 e. The predicted molar refractivity (Wildman–Crippen MR) is 226 cm³/mol. The molecular weight excluding hydrogens is 880 g/mol. The lowest BCUT2D eigenvalue weighted by Gasteiger charge is -2.38. The molecule has 0 spiro atoms. The Hall–Kier alpha value is -6.49. The van der Waals surface area contributed by atoms with Crippen molar-refractivity contribution in [3.8, 4) is 0 Å². The van der Waals surface area contributed by atoms with Crippen molar-refractivity contribution in [2.45, 2.75) is 183 Å². The van der Waals surface area contributed by atoms with Crippen LogP contribution in [0.4, 0.5) is 0 Å². The Morgan fingerprint density at radius 3 is 0.682 bits per heavy atom. The van der Waals surface area contributed by atoms with E-state index in [1.165, 1.54) is 0 Å². The summed E-state index contributed by atoms with van der Waals surface area (Å²) in [6.07, 6.45) is -8.57. The van der Waals surface area contributed by atoms with Crippen LogP contribution in [0.15, 0.2) is 0 Å². The normalized spacial score (nSPS) is 11.7. The first-order valence-electron chi connectivity index (χ1n) is 21.4. The van der Waals surface area contributed by atoms with Crippen molar-refractivity contribution in [2.24, 2.45) is 0 Å². The Balaban J connectivity index is 7.27. The molecule has 4 amide bonds. The molecule has 24 heteroatoms. The fourth-order valence-corrected chi connectivity index (χ4v) is 7.85. The first kappa shape index (κ1) is 59.5. The second kappa shape index (κ2) is 29.9. The molecule has 11 N–H and O–H groups in total. The van der Waals surface area contributed by atoms with Crippen LogP contribution in [0.2, 0.25) is 0 Å². The minimum absolute atomic E-state index is 0.0543. The molecule has 0 heterocycles. The van der Waals surface area contributed by atoms with Gasteiger partial charge in [0.1, 0.15) is 12.6 Å². The number of carbonyl (C=O) groups excluding carboxylic acids is 6. The molecule has 24 nitrogen and oxygen atoms in total. The number of aldehydes is 2. The highest BCUT2D eigenvalue weighted by atomic mass is 16.4. The number of amides is 4. The van der Waals surface area contributed by atoms with Crippen molar-refractivity contribution >= 4 is 78.0 Å². The molecule has 0 rings (SSSR count). The summed E-state index contributed by atoms with van der Waals surface area (Å²) in [6, 6.07) is 0. The van der Waals surface area contributed by atoms with Crippen molar-refractivity contribution in [1.29, 1.82) is 0 Å². The van der Waals surface area contributed by atoms with Gasteiger partial charge in [-0.05, 0) is 77.0 Å². The summed E-state index contributed by atoms with van der Waals surface area (Å²) in [4.78, 5) is 158. The highest BCUT2D eigenvalue weighted by Crippen LogP contribution is 2.32. The van der Waals surface area contributed by atoms with E-state index >= 15 is 0 Å². The van der Waals surface area contributed by atoms with Gasteiger partial charge in [0.05, 0.1) is 0 Å². The Morgan fingerprint density at radius 1 is 0.318 bits per heavy atom. The third-order valence-electron chi connectivity index (χ3n) is 11.4. The summed E-state index contributed by atoms with van der Waals surface area (Å²) >= 11 is 0. The van der Waals surface area contributed by atoms with E-state index in [-0.39, 0.29) is 77.0 Å². The molecule has 0 atom stereocenters. The Labute approximate surface area is 380 Å². The third-order valence-corrected chi connectivity index (χ3v) is 11.4. The van der Waals surface area contributed by atoms with Gasteiger partial charge in [-0.2, -0.15) is 0 Å². The molecule has 0 aromatic heterocycles. The van der Waals surface area contributed by atoms with E-state index in [0.29, 0.717) is 12.6 Å². The highest BCUT2D eigenvalue weighted by molar-refractivity contribution is 5.81. The molecule has 0 aliphatic rings. The average Bonchev–Trinajstić information content (AvgIpc) is 3.22. The molecule has 0 radical (unpaired) electrons. The monoisotopic (exact) mass is 944 g/mol. The van der Waals surface area contributed by atoms with Crippen LogP contribution in [0.3, 0.4) is 0 Å². The molecule has 372 valence electrons. The lowest BCUT2D eigenvalue weighted by molar-refractivity contribution is -0.141. The second-order valence-electron chi connectivity index (χ2n) is 16.6.